The summed E-state index contributed by atoms with van der Waals surface area (Å²) in [5, 5.41) is 7.37. The van der Waals surface area contributed by atoms with Gasteiger partial charge in [-0.3, -0.25) is 14.3 Å². The van der Waals surface area contributed by atoms with Gasteiger partial charge in [-0.1, -0.05) is 6.92 Å². The molecule has 2 amide bonds. The van der Waals surface area contributed by atoms with Crippen LogP contribution in [0.2, 0.25) is 0 Å². The second-order valence-corrected chi connectivity index (χ2v) is 9.29. The van der Waals surface area contributed by atoms with Gasteiger partial charge < -0.3 is 15.0 Å². The molecule has 4 heterocycles. The van der Waals surface area contributed by atoms with E-state index >= 15 is 0 Å². The summed E-state index contributed by atoms with van der Waals surface area (Å²) in [5.74, 6) is -0.0141. The zero-order valence-corrected chi connectivity index (χ0v) is 18.1. The van der Waals surface area contributed by atoms with Gasteiger partial charge in [0.15, 0.2) is 5.69 Å². The molecule has 0 aliphatic carbocycles. The number of hydrogen-bond acceptors (Lipinski definition) is 5. The van der Waals surface area contributed by atoms with E-state index in [2.05, 4.69) is 10.4 Å². The van der Waals surface area contributed by atoms with E-state index in [-0.39, 0.29) is 17.4 Å². The molecule has 0 saturated carbocycles. The summed E-state index contributed by atoms with van der Waals surface area (Å²) in [6, 6.07) is 3.91. The second kappa shape index (κ2) is 7.91. The molecule has 0 bridgehead atoms. The Labute approximate surface area is 175 Å². The Morgan fingerprint density at radius 3 is 2.72 bits per heavy atom. The third-order valence-electron chi connectivity index (χ3n) is 5.95. The lowest BCUT2D eigenvalue weighted by Crippen LogP contribution is -2.50. The predicted molar refractivity (Wildman–Crippen MR) is 111 cm³/mol. The van der Waals surface area contributed by atoms with Crippen molar-refractivity contribution in [2.45, 2.75) is 51.7 Å². The molecule has 8 heteroatoms. The standard InChI is InChI=1S/C21H28N4O3S/c1-4-9-22-19(26)18-15-13-28-21(12-16(15)24(3)23-18)7-10-25(11-8-21)20(27)17-6-5-14(2)29-17/h5-6H,4,7-13H2,1-3H3,(H,22,26). The van der Waals surface area contributed by atoms with Crippen LogP contribution >= 0.6 is 11.3 Å². The van der Waals surface area contributed by atoms with Crippen LogP contribution in [0.4, 0.5) is 0 Å². The summed E-state index contributed by atoms with van der Waals surface area (Å²) < 4.78 is 8.14. The number of carbonyl (C=O) groups is 2. The summed E-state index contributed by atoms with van der Waals surface area (Å²) in [6.07, 6.45) is 3.21. The van der Waals surface area contributed by atoms with E-state index < -0.39 is 0 Å². The highest BCUT2D eigenvalue weighted by molar-refractivity contribution is 7.13. The third-order valence-corrected chi connectivity index (χ3v) is 6.94. The molecular weight excluding hydrogens is 388 g/mol. The summed E-state index contributed by atoms with van der Waals surface area (Å²) in [6.45, 7) is 6.46. The van der Waals surface area contributed by atoms with Crippen molar-refractivity contribution in [3.8, 4) is 0 Å². The van der Waals surface area contributed by atoms with Crippen LogP contribution in [0.5, 0.6) is 0 Å². The Morgan fingerprint density at radius 1 is 1.31 bits per heavy atom. The van der Waals surface area contributed by atoms with Gasteiger partial charge in [0.2, 0.25) is 0 Å². The molecule has 2 aliphatic rings. The first-order chi connectivity index (χ1) is 13.9. The lowest BCUT2D eigenvalue weighted by molar-refractivity contribution is -0.0990. The topological polar surface area (TPSA) is 76.5 Å². The summed E-state index contributed by atoms with van der Waals surface area (Å²) >= 11 is 1.55. The number of piperidine rings is 1. The van der Waals surface area contributed by atoms with Crippen LogP contribution in [0.25, 0.3) is 0 Å². The molecular formula is C21H28N4O3S. The minimum absolute atomic E-state index is 0.116. The smallest absolute Gasteiger partial charge is 0.272 e. The van der Waals surface area contributed by atoms with Crippen LogP contribution in [0.3, 0.4) is 0 Å². The molecule has 7 nitrogen and oxygen atoms in total. The van der Waals surface area contributed by atoms with Crippen molar-refractivity contribution in [3.05, 3.63) is 38.8 Å². The van der Waals surface area contributed by atoms with Gasteiger partial charge >= 0.3 is 0 Å². The zero-order valence-electron chi connectivity index (χ0n) is 17.3. The SMILES string of the molecule is CCCNC(=O)c1nn(C)c2c1COC1(CCN(C(=O)c3ccc(C)s3)CC1)C2. The summed E-state index contributed by atoms with van der Waals surface area (Å²) in [7, 11) is 1.90. The van der Waals surface area contributed by atoms with E-state index in [4.69, 9.17) is 4.74 Å². The van der Waals surface area contributed by atoms with Gasteiger partial charge in [-0.25, -0.2) is 0 Å². The number of rotatable bonds is 4. The molecule has 0 aromatic carbocycles. The van der Waals surface area contributed by atoms with Crippen LogP contribution in [-0.2, 0) is 24.8 Å². The van der Waals surface area contributed by atoms with Gasteiger partial charge in [0.05, 0.1) is 17.1 Å². The van der Waals surface area contributed by atoms with Crippen LogP contribution in [-0.4, -0.2) is 51.7 Å². The molecule has 1 spiro atoms. The quantitative estimate of drug-likeness (QED) is 0.831. The van der Waals surface area contributed by atoms with E-state index in [1.165, 1.54) is 0 Å². The first-order valence-electron chi connectivity index (χ1n) is 10.2. The molecule has 1 saturated heterocycles. The van der Waals surface area contributed by atoms with Gasteiger partial charge in [0.1, 0.15) is 0 Å². The maximum absolute atomic E-state index is 12.7. The molecule has 0 unspecified atom stereocenters. The van der Waals surface area contributed by atoms with E-state index in [1.807, 2.05) is 42.6 Å². The minimum atomic E-state index is -0.278. The molecule has 156 valence electrons. The highest BCUT2D eigenvalue weighted by atomic mass is 32.1. The Kier molecular flexibility index (Phi) is 5.48. The number of aryl methyl sites for hydroxylation is 2. The van der Waals surface area contributed by atoms with Crippen LogP contribution in [0.15, 0.2) is 12.1 Å². The maximum Gasteiger partial charge on any atom is 0.272 e. The van der Waals surface area contributed by atoms with Crippen molar-refractivity contribution >= 4 is 23.2 Å². The zero-order chi connectivity index (χ0) is 20.6. The molecule has 2 aromatic rings. The van der Waals surface area contributed by atoms with Gasteiger partial charge in [0.25, 0.3) is 11.8 Å². The van der Waals surface area contributed by atoms with Crippen molar-refractivity contribution < 1.29 is 14.3 Å². The Hall–Kier alpha value is -2.19. The molecule has 29 heavy (non-hydrogen) atoms. The fourth-order valence-electron chi connectivity index (χ4n) is 4.21. The monoisotopic (exact) mass is 416 g/mol. The summed E-state index contributed by atoms with van der Waals surface area (Å²) in [4.78, 5) is 29.1. The number of carbonyl (C=O) groups excluding carboxylic acids is 2. The van der Waals surface area contributed by atoms with E-state index in [0.717, 1.165) is 46.7 Å². The highest BCUT2D eigenvalue weighted by Gasteiger charge is 2.42. The van der Waals surface area contributed by atoms with Gasteiger partial charge in [0, 0.05) is 49.2 Å². The number of fused-ring (bicyclic) bond motifs is 1. The first-order valence-corrected chi connectivity index (χ1v) is 11.1. The van der Waals surface area contributed by atoms with Crippen molar-refractivity contribution in [2.75, 3.05) is 19.6 Å². The number of hydrogen-bond donors (Lipinski definition) is 1. The lowest BCUT2D eigenvalue weighted by atomic mass is 9.83. The number of nitrogens with zero attached hydrogens (tertiary/aromatic N) is 3. The normalized spacial score (nSPS) is 18.0. The van der Waals surface area contributed by atoms with E-state index in [0.29, 0.717) is 31.9 Å². The average Bonchev–Trinajstić information content (AvgIpc) is 3.30. The number of amides is 2. The van der Waals surface area contributed by atoms with E-state index in [1.54, 1.807) is 11.3 Å². The first kappa shape index (κ1) is 20.1. The Morgan fingerprint density at radius 2 is 2.07 bits per heavy atom. The van der Waals surface area contributed by atoms with Gasteiger partial charge in [-0.05, 0) is 38.3 Å². The van der Waals surface area contributed by atoms with Gasteiger partial charge in [-0.15, -0.1) is 11.3 Å². The lowest BCUT2D eigenvalue weighted by Gasteiger charge is -2.43. The van der Waals surface area contributed by atoms with Crippen LogP contribution in [0.1, 0.15) is 62.5 Å². The molecule has 1 fully saturated rings. The molecule has 1 N–H and O–H groups in total. The van der Waals surface area contributed by atoms with Crippen LogP contribution < -0.4 is 5.32 Å². The summed E-state index contributed by atoms with van der Waals surface area (Å²) in [5.41, 5.74) is 2.18. The molecule has 2 aliphatic heterocycles. The van der Waals surface area contributed by atoms with Crippen molar-refractivity contribution in [1.82, 2.24) is 20.0 Å². The predicted octanol–water partition coefficient (Wildman–Crippen LogP) is 2.68. The molecule has 4 rings (SSSR count). The number of ether oxygens (including phenoxy) is 1. The van der Waals surface area contributed by atoms with Crippen LogP contribution in [0, 0.1) is 6.92 Å². The fourth-order valence-corrected chi connectivity index (χ4v) is 5.04. The maximum atomic E-state index is 12.7. The molecule has 2 aromatic heterocycles. The minimum Gasteiger partial charge on any atom is -0.370 e. The fraction of sp³-hybridized carbons (Fsp3) is 0.571. The molecule has 0 atom stereocenters. The van der Waals surface area contributed by atoms with Gasteiger partial charge in [-0.2, -0.15) is 5.10 Å². The third kappa shape index (κ3) is 3.83. The van der Waals surface area contributed by atoms with E-state index in [9.17, 15) is 9.59 Å². The number of thiophene rings is 1. The number of aromatic nitrogens is 2. The van der Waals surface area contributed by atoms with Crippen molar-refractivity contribution in [2.24, 2.45) is 7.05 Å². The van der Waals surface area contributed by atoms with Crippen molar-refractivity contribution in [3.63, 3.8) is 0 Å². The molecule has 0 radical (unpaired) electrons. The number of likely N-dealkylation sites (tertiary alicyclic amines) is 1. The average molecular weight is 417 g/mol. The van der Waals surface area contributed by atoms with Crippen molar-refractivity contribution in [1.29, 1.82) is 0 Å². The highest BCUT2D eigenvalue weighted by Crippen LogP contribution is 2.37. The largest absolute Gasteiger partial charge is 0.370 e. The Balaban J connectivity index is 1.45. The number of nitrogens with one attached hydrogen (secondary N) is 1. The second-order valence-electron chi connectivity index (χ2n) is 8.00. The Bertz CT molecular complexity index is 925.